The number of oxime groups is 1. The lowest BCUT2D eigenvalue weighted by Gasteiger charge is -2.30. The molecule has 6 aromatic rings. The van der Waals surface area contributed by atoms with E-state index in [9.17, 15) is 18.8 Å². The van der Waals surface area contributed by atoms with Crippen molar-refractivity contribution < 1.29 is 18.8 Å². The van der Waals surface area contributed by atoms with Gasteiger partial charge in [0.1, 0.15) is 0 Å². The SMILES string of the molecule is CC1(C)CC(=NO)c2c([nH]c(-c3ccncc3)c2Nc2ccccc2)C1.CC1(C)CC(=O)c2c(Nc3ccccc3)c(-c3ccncc3)n(CC(F)F)c2C1. The third kappa shape index (κ3) is 8.06. The molecular weight excluding hydrogens is 697 g/mol. The van der Waals surface area contributed by atoms with E-state index in [1.807, 2.05) is 86.6 Å². The number of nitrogens with one attached hydrogen (secondary N) is 3. The summed E-state index contributed by atoms with van der Waals surface area (Å²) >= 11 is 0. The van der Waals surface area contributed by atoms with E-state index in [0.717, 1.165) is 58.0 Å². The predicted molar refractivity (Wildman–Crippen MR) is 214 cm³/mol. The van der Waals surface area contributed by atoms with Gasteiger partial charge >= 0.3 is 0 Å². The van der Waals surface area contributed by atoms with Crippen LogP contribution in [0, 0.1) is 10.8 Å². The molecule has 2 aliphatic carbocycles. The second kappa shape index (κ2) is 15.3. The number of aromatic nitrogens is 4. The van der Waals surface area contributed by atoms with E-state index < -0.39 is 13.0 Å². The maximum atomic E-state index is 13.6. The number of carbonyl (C=O) groups is 1. The molecule has 0 bridgehead atoms. The van der Waals surface area contributed by atoms with Crippen LogP contribution < -0.4 is 10.6 Å². The molecule has 282 valence electrons. The van der Waals surface area contributed by atoms with Gasteiger partial charge in [-0.3, -0.25) is 14.8 Å². The molecule has 55 heavy (non-hydrogen) atoms. The summed E-state index contributed by atoms with van der Waals surface area (Å²) in [7, 11) is 0. The number of alkyl halides is 2. The van der Waals surface area contributed by atoms with Crippen molar-refractivity contribution in [2.24, 2.45) is 16.0 Å². The summed E-state index contributed by atoms with van der Waals surface area (Å²) in [5.41, 5.74) is 10.5. The second-order valence-electron chi connectivity index (χ2n) is 15.7. The van der Waals surface area contributed by atoms with Crippen LogP contribution in [0.1, 0.15) is 67.8 Å². The van der Waals surface area contributed by atoms with Gasteiger partial charge in [0.2, 0.25) is 0 Å². The molecule has 2 aliphatic rings. The van der Waals surface area contributed by atoms with Crippen molar-refractivity contribution in [3.63, 3.8) is 0 Å². The summed E-state index contributed by atoms with van der Waals surface area (Å²) in [5.74, 6) is -0.0157. The van der Waals surface area contributed by atoms with Gasteiger partial charge in [0.25, 0.3) is 6.43 Å². The van der Waals surface area contributed by atoms with Crippen LogP contribution in [0.3, 0.4) is 0 Å². The number of benzene rings is 2. The zero-order valence-electron chi connectivity index (χ0n) is 31.4. The molecule has 4 aromatic heterocycles. The molecule has 11 heteroatoms. The minimum atomic E-state index is -2.53. The summed E-state index contributed by atoms with van der Waals surface area (Å²) in [6.45, 7) is 7.94. The highest BCUT2D eigenvalue weighted by Gasteiger charge is 2.39. The molecule has 4 N–H and O–H groups in total. The summed E-state index contributed by atoms with van der Waals surface area (Å²) in [6, 6.07) is 27.0. The number of hydrogen-bond acceptors (Lipinski definition) is 7. The molecule has 0 saturated carbocycles. The number of fused-ring (bicyclic) bond motifs is 2. The van der Waals surface area contributed by atoms with Crippen molar-refractivity contribution in [1.29, 1.82) is 0 Å². The molecule has 0 fully saturated rings. The van der Waals surface area contributed by atoms with Gasteiger partial charge in [-0.2, -0.15) is 0 Å². The average molecular weight is 742 g/mol. The summed E-state index contributed by atoms with van der Waals surface area (Å²) in [4.78, 5) is 24.9. The number of ketones is 1. The Morgan fingerprint density at radius 2 is 1.29 bits per heavy atom. The van der Waals surface area contributed by atoms with Crippen molar-refractivity contribution in [2.75, 3.05) is 10.6 Å². The number of carbonyl (C=O) groups excluding carboxylic acids is 1. The number of hydrogen-bond donors (Lipinski definition) is 4. The molecule has 4 heterocycles. The molecule has 2 aromatic carbocycles. The predicted octanol–water partition coefficient (Wildman–Crippen LogP) is 10.7. The fourth-order valence-corrected chi connectivity index (χ4v) is 7.82. The lowest BCUT2D eigenvalue weighted by atomic mass is 9.75. The first-order valence-corrected chi connectivity index (χ1v) is 18.4. The van der Waals surface area contributed by atoms with Crippen LogP contribution in [0.4, 0.5) is 31.5 Å². The number of para-hydroxylation sites is 2. The number of anilines is 4. The molecule has 0 unspecified atom stereocenters. The lowest BCUT2D eigenvalue weighted by Crippen LogP contribution is -2.29. The smallest absolute Gasteiger partial charge is 0.256 e. The zero-order chi connectivity index (χ0) is 38.7. The second-order valence-corrected chi connectivity index (χ2v) is 15.7. The van der Waals surface area contributed by atoms with Crippen molar-refractivity contribution in [3.05, 3.63) is 132 Å². The summed E-state index contributed by atoms with van der Waals surface area (Å²) < 4.78 is 28.8. The van der Waals surface area contributed by atoms with Crippen molar-refractivity contribution in [3.8, 4) is 22.5 Å². The van der Waals surface area contributed by atoms with Crippen molar-refractivity contribution >= 4 is 34.2 Å². The van der Waals surface area contributed by atoms with Gasteiger partial charge in [-0.25, -0.2) is 8.78 Å². The third-order valence-corrected chi connectivity index (χ3v) is 10.1. The quantitative estimate of drug-likeness (QED) is 0.0910. The van der Waals surface area contributed by atoms with Crippen LogP contribution in [-0.4, -0.2) is 42.6 Å². The van der Waals surface area contributed by atoms with Gasteiger partial charge in [-0.15, -0.1) is 0 Å². The van der Waals surface area contributed by atoms with Gasteiger partial charge in [0.15, 0.2) is 5.78 Å². The molecule has 0 saturated heterocycles. The maximum absolute atomic E-state index is 13.6. The topological polar surface area (TPSA) is 120 Å². The average Bonchev–Trinajstić information content (AvgIpc) is 3.66. The Kier molecular flexibility index (Phi) is 10.4. The van der Waals surface area contributed by atoms with E-state index in [-0.39, 0.29) is 16.6 Å². The molecule has 0 radical (unpaired) electrons. The minimum absolute atomic E-state index is 0.0157. The number of halogens is 2. The van der Waals surface area contributed by atoms with Crippen molar-refractivity contribution in [2.45, 2.75) is 66.3 Å². The van der Waals surface area contributed by atoms with E-state index >= 15 is 0 Å². The number of Topliss-reactive ketones (excluding diaryl/α,β-unsaturated/α-hetero) is 1. The largest absolute Gasteiger partial charge is 0.411 e. The highest BCUT2D eigenvalue weighted by Crippen LogP contribution is 2.46. The fraction of sp³-hybridized carbons (Fsp3) is 0.273. The van der Waals surface area contributed by atoms with Crippen LogP contribution in [0.2, 0.25) is 0 Å². The van der Waals surface area contributed by atoms with Gasteiger partial charge in [0.05, 0.1) is 40.6 Å². The van der Waals surface area contributed by atoms with E-state index in [1.54, 1.807) is 41.5 Å². The molecule has 8 rings (SSSR count). The van der Waals surface area contributed by atoms with Gasteiger partial charge in [0, 0.05) is 70.7 Å². The van der Waals surface area contributed by atoms with Crippen LogP contribution in [0.25, 0.3) is 22.5 Å². The fourth-order valence-electron chi connectivity index (χ4n) is 7.82. The van der Waals surface area contributed by atoms with E-state index in [2.05, 4.69) is 44.6 Å². The normalized spacial score (nSPS) is 16.2. The highest BCUT2D eigenvalue weighted by atomic mass is 19.3. The molecule has 9 nitrogen and oxygen atoms in total. The monoisotopic (exact) mass is 741 g/mol. The molecule has 0 amide bonds. The summed E-state index contributed by atoms with van der Waals surface area (Å²) in [5, 5.41) is 20.2. The Labute approximate surface area is 319 Å². The Morgan fingerprint density at radius 1 is 0.745 bits per heavy atom. The number of H-pyrrole nitrogens is 1. The van der Waals surface area contributed by atoms with Gasteiger partial charge < -0.3 is 25.4 Å². The molecule has 0 aliphatic heterocycles. The summed E-state index contributed by atoms with van der Waals surface area (Å²) in [6.07, 6.45) is 6.88. The highest BCUT2D eigenvalue weighted by molar-refractivity contribution is 6.10. The van der Waals surface area contributed by atoms with E-state index in [1.165, 1.54) is 0 Å². The van der Waals surface area contributed by atoms with E-state index in [0.29, 0.717) is 41.2 Å². The Hall–Kier alpha value is -6.10. The first kappa shape index (κ1) is 37.2. The Bertz CT molecular complexity index is 2300. The van der Waals surface area contributed by atoms with Gasteiger partial charge in [-0.05, 0) is 78.6 Å². The van der Waals surface area contributed by atoms with Crippen LogP contribution >= 0.6 is 0 Å². The molecule has 0 atom stereocenters. The maximum Gasteiger partial charge on any atom is 0.256 e. The number of pyridine rings is 2. The van der Waals surface area contributed by atoms with Crippen LogP contribution in [0.15, 0.2) is 115 Å². The zero-order valence-corrected chi connectivity index (χ0v) is 31.4. The molecule has 0 spiro atoms. The molecular formula is C44H45F2N7O2. The first-order chi connectivity index (χ1) is 26.4. The van der Waals surface area contributed by atoms with Gasteiger partial charge in [-0.1, -0.05) is 69.2 Å². The van der Waals surface area contributed by atoms with Crippen LogP contribution in [-0.2, 0) is 19.4 Å². The number of nitrogens with zero attached hydrogens (tertiary/aromatic N) is 4. The Balaban J connectivity index is 0.000000170. The lowest BCUT2D eigenvalue weighted by molar-refractivity contribution is 0.0903. The standard InChI is InChI=1S/C23H23F2N3O.C21H22N4O/c1-23(2)12-17-20(18(29)13-23)21(27-16-6-4-3-5-7-16)22(28(17)14-19(24)25)15-8-10-26-11-9-15;1-21(2)12-16-18(17(13-21)25-26)20(23-15-6-4-3-5-7-15)19(24-16)14-8-10-22-11-9-14/h3-11,19,27H,12-14H2,1-2H3;3-11,23-24,26H,12-13H2,1-2H3. The van der Waals surface area contributed by atoms with E-state index in [4.69, 9.17) is 0 Å². The van der Waals surface area contributed by atoms with Crippen LogP contribution in [0.5, 0.6) is 0 Å². The minimum Gasteiger partial charge on any atom is -0.411 e. The number of rotatable bonds is 8. The first-order valence-electron chi connectivity index (χ1n) is 18.4. The number of aromatic amines is 1. The van der Waals surface area contributed by atoms with Crippen molar-refractivity contribution in [1.82, 2.24) is 19.5 Å². The Morgan fingerprint density at radius 3 is 1.85 bits per heavy atom. The third-order valence-electron chi connectivity index (χ3n) is 10.1.